The van der Waals surface area contributed by atoms with E-state index in [1.165, 1.54) is 12.0 Å². The summed E-state index contributed by atoms with van der Waals surface area (Å²) in [4.78, 5) is 40.2. The van der Waals surface area contributed by atoms with Crippen LogP contribution in [0.5, 0.6) is 0 Å². The van der Waals surface area contributed by atoms with Gasteiger partial charge in [-0.05, 0) is 33.6 Å². The van der Waals surface area contributed by atoms with Crippen molar-refractivity contribution >= 4 is 18.0 Å². The molecular weight excluding hydrogens is 328 g/mol. The lowest BCUT2D eigenvalue weighted by Crippen LogP contribution is -2.53. The third-order valence-corrected chi connectivity index (χ3v) is 5.02. The van der Waals surface area contributed by atoms with Crippen LogP contribution >= 0.6 is 0 Å². The molecule has 0 unspecified atom stereocenters. The van der Waals surface area contributed by atoms with Crippen LogP contribution < -0.4 is 0 Å². The van der Waals surface area contributed by atoms with E-state index in [1.54, 1.807) is 4.90 Å². The van der Waals surface area contributed by atoms with Crippen molar-refractivity contribution in [2.24, 2.45) is 0 Å². The lowest BCUT2D eigenvalue weighted by molar-refractivity contribution is -0.152. The Morgan fingerprint density at radius 1 is 1.20 bits per heavy atom. The number of carbonyl (C=O) groups excluding carboxylic acids is 3. The summed E-state index contributed by atoms with van der Waals surface area (Å²) >= 11 is 0. The smallest absolute Gasteiger partial charge is 0.410 e. The molecule has 0 saturated carbocycles. The maximum absolute atomic E-state index is 13.0. The van der Waals surface area contributed by atoms with Crippen LogP contribution in [0.4, 0.5) is 4.79 Å². The van der Waals surface area contributed by atoms with E-state index in [9.17, 15) is 14.4 Å². The van der Waals surface area contributed by atoms with E-state index in [1.807, 2.05) is 20.8 Å². The van der Waals surface area contributed by atoms with Gasteiger partial charge in [0, 0.05) is 25.9 Å². The molecule has 0 aliphatic carbocycles. The van der Waals surface area contributed by atoms with Crippen LogP contribution in [0.15, 0.2) is 0 Å². The minimum absolute atomic E-state index is 0.158. The number of hydrogen-bond donors (Lipinski definition) is 0. The van der Waals surface area contributed by atoms with Gasteiger partial charge in [0.1, 0.15) is 17.9 Å². The average molecular weight is 354 g/mol. The molecule has 3 rings (SSSR count). The van der Waals surface area contributed by atoms with Crippen LogP contribution in [0.25, 0.3) is 0 Å². The van der Waals surface area contributed by atoms with Crippen molar-refractivity contribution in [2.45, 2.75) is 69.9 Å². The number of nitrogens with zero attached hydrogens (tertiary/aromatic N) is 2. The number of rotatable bonds is 1. The fraction of sp³-hybridized carbons (Fsp3) is 0.824. The summed E-state index contributed by atoms with van der Waals surface area (Å²) in [5.41, 5.74) is -1.49. The number of hydrogen-bond acceptors (Lipinski definition) is 6. The molecule has 140 valence electrons. The largest absolute Gasteiger partial charge is 0.467 e. The number of esters is 1. The van der Waals surface area contributed by atoms with Gasteiger partial charge in [0.15, 0.2) is 5.60 Å². The highest BCUT2D eigenvalue weighted by atomic mass is 16.6. The molecule has 0 aromatic heterocycles. The zero-order valence-corrected chi connectivity index (χ0v) is 15.2. The summed E-state index contributed by atoms with van der Waals surface area (Å²) in [6, 6.07) is -0.564. The zero-order valence-electron chi connectivity index (χ0n) is 15.2. The van der Waals surface area contributed by atoms with Gasteiger partial charge in [0.25, 0.3) is 5.91 Å². The van der Waals surface area contributed by atoms with Gasteiger partial charge >= 0.3 is 12.1 Å². The highest BCUT2D eigenvalue weighted by Crippen LogP contribution is 2.43. The molecule has 0 bridgehead atoms. The van der Waals surface area contributed by atoms with Crippen LogP contribution in [0.3, 0.4) is 0 Å². The van der Waals surface area contributed by atoms with Crippen molar-refractivity contribution < 1.29 is 28.6 Å². The molecule has 0 N–H and O–H groups in total. The van der Waals surface area contributed by atoms with Gasteiger partial charge in [-0.2, -0.15) is 0 Å². The highest BCUT2D eigenvalue weighted by Gasteiger charge is 2.59. The molecule has 2 atom stereocenters. The molecule has 2 amide bonds. The number of methoxy groups -OCH3 is 1. The molecule has 0 aromatic rings. The summed E-state index contributed by atoms with van der Waals surface area (Å²) in [5.74, 6) is -0.558. The fourth-order valence-corrected chi connectivity index (χ4v) is 3.79. The summed E-state index contributed by atoms with van der Waals surface area (Å²) < 4.78 is 16.3. The van der Waals surface area contributed by atoms with Crippen LogP contribution in [-0.2, 0) is 23.8 Å². The molecule has 3 heterocycles. The molecule has 3 aliphatic rings. The Morgan fingerprint density at radius 2 is 1.84 bits per heavy atom. The Hall–Kier alpha value is -1.83. The normalized spacial score (nSPS) is 28.2. The third kappa shape index (κ3) is 3.19. The van der Waals surface area contributed by atoms with Gasteiger partial charge in [-0.3, -0.25) is 4.79 Å². The van der Waals surface area contributed by atoms with Crippen LogP contribution in [0.2, 0.25) is 0 Å². The van der Waals surface area contributed by atoms with Crippen LogP contribution in [0.1, 0.15) is 46.5 Å². The van der Waals surface area contributed by atoms with E-state index in [0.29, 0.717) is 38.8 Å². The van der Waals surface area contributed by atoms with Gasteiger partial charge < -0.3 is 24.0 Å². The van der Waals surface area contributed by atoms with E-state index in [0.717, 1.165) is 0 Å². The third-order valence-electron chi connectivity index (χ3n) is 5.02. The van der Waals surface area contributed by atoms with E-state index < -0.39 is 23.2 Å². The van der Waals surface area contributed by atoms with Crippen molar-refractivity contribution in [2.75, 3.05) is 20.2 Å². The van der Waals surface area contributed by atoms with Gasteiger partial charge in [-0.25, -0.2) is 9.59 Å². The summed E-state index contributed by atoms with van der Waals surface area (Å²) in [6.07, 6.45) is 1.26. The first-order valence-electron chi connectivity index (χ1n) is 8.73. The Labute approximate surface area is 147 Å². The summed E-state index contributed by atoms with van der Waals surface area (Å²) in [7, 11) is 1.33. The Kier molecular flexibility index (Phi) is 4.43. The molecule has 3 saturated heterocycles. The minimum atomic E-state index is -0.935. The number of fused-ring (bicyclic) bond motifs is 1. The molecule has 8 heteroatoms. The van der Waals surface area contributed by atoms with E-state index in [4.69, 9.17) is 14.2 Å². The van der Waals surface area contributed by atoms with Crippen LogP contribution in [-0.4, -0.2) is 71.4 Å². The predicted octanol–water partition coefficient (Wildman–Crippen LogP) is 1.28. The molecule has 3 aliphatic heterocycles. The van der Waals surface area contributed by atoms with E-state index >= 15 is 0 Å². The van der Waals surface area contributed by atoms with Crippen molar-refractivity contribution in [3.63, 3.8) is 0 Å². The number of ether oxygens (including phenoxy) is 3. The topological polar surface area (TPSA) is 85.4 Å². The van der Waals surface area contributed by atoms with Crippen LogP contribution in [0, 0.1) is 0 Å². The molecule has 0 aromatic carbocycles. The molecular formula is C17H26N2O6. The summed E-state index contributed by atoms with van der Waals surface area (Å²) in [5, 5.41) is 0. The van der Waals surface area contributed by atoms with Gasteiger partial charge in [-0.15, -0.1) is 0 Å². The second-order valence-electron chi connectivity index (χ2n) is 7.86. The van der Waals surface area contributed by atoms with Gasteiger partial charge in [0.2, 0.25) is 0 Å². The lowest BCUT2D eigenvalue weighted by atomic mass is 9.90. The van der Waals surface area contributed by atoms with Crippen molar-refractivity contribution in [3.05, 3.63) is 0 Å². The number of piperidine rings is 1. The first-order chi connectivity index (χ1) is 11.7. The van der Waals surface area contributed by atoms with Gasteiger partial charge in [0.05, 0.1) is 7.11 Å². The van der Waals surface area contributed by atoms with Gasteiger partial charge in [-0.1, -0.05) is 0 Å². The molecule has 3 fully saturated rings. The zero-order chi connectivity index (χ0) is 18.4. The minimum Gasteiger partial charge on any atom is -0.467 e. The fourth-order valence-electron chi connectivity index (χ4n) is 3.79. The predicted molar refractivity (Wildman–Crippen MR) is 86.5 cm³/mol. The SMILES string of the molecule is COC(=O)[C@@H]1CC[C@H]2OC3(CCN(C(=O)OC(C)(C)C)CC3)C(=O)N21. The molecule has 0 radical (unpaired) electrons. The summed E-state index contributed by atoms with van der Waals surface area (Å²) in [6.45, 7) is 6.25. The van der Waals surface area contributed by atoms with E-state index in [-0.39, 0.29) is 18.2 Å². The van der Waals surface area contributed by atoms with Crippen molar-refractivity contribution in [3.8, 4) is 0 Å². The number of amides is 2. The molecule has 1 spiro atoms. The second kappa shape index (κ2) is 6.16. The maximum atomic E-state index is 13.0. The second-order valence-corrected chi connectivity index (χ2v) is 7.86. The number of carbonyl (C=O) groups is 3. The van der Waals surface area contributed by atoms with Crippen molar-refractivity contribution in [1.82, 2.24) is 9.80 Å². The Morgan fingerprint density at radius 3 is 2.40 bits per heavy atom. The standard InChI is InChI=1S/C17H26N2O6/c1-16(2,3)25-15(22)18-9-7-17(8-10-18)14(21)19-11(13(20)23-4)5-6-12(19)24-17/h11-12H,5-10H2,1-4H3/t11-,12+/m0/s1. The van der Waals surface area contributed by atoms with E-state index in [2.05, 4.69) is 0 Å². The number of likely N-dealkylation sites (tertiary alicyclic amines) is 1. The Bertz CT molecular complexity index is 576. The average Bonchev–Trinajstić information content (AvgIpc) is 3.05. The first kappa shape index (κ1) is 18.0. The highest BCUT2D eigenvalue weighted by molar-refractivity contribution is 5.92. The lowest BCUT2D eigenvalue weighted by Gasteiger charge is -2.37. The Balaban J connectivity index is 1.65. The first-order valence-corrected chi connectivity index (χ1v) is 8.73. The molecule has 25 heavy (non-hydrogen) atoms. The molecule has 8 nitrogen and oxygen atoms in total. The van der Waals surface area contributed by atoms with Crippen molar-refractivity contribution in [1.29, 1.82) is 0 Å². The quantitative estimate of drug-likeness (QED) is 0.660. The maximum Gasteiger partial charge on any atom is 0.410 e. The monoisotopic (exact) mass is 354 g/mol.